The zero-order valence-corrected chi connectivity index (χ0v) is 19.3. The van der Waals surface area contributed by atoms with Crippen molar-refractivity contribution in [2.24, 2.45) is 0 Å². The monoisotopic (exact) mass is 506 g/mol. The van der Waals surface area contributed by atoms with Crippen molar-refractivity contribution < 1.29 is 14.3 Å². The van der Waals surface area contributed by atoms with Gasteiger partial charge in [-0.1, -0.05) is 70.7 Å². The average molecular weight is 508 g/mol. The molecule has 1 fully saturated rings. The van der Waals surface area contributed by atoms with Crippen LogP contribution in [0.5, 0.6) is 5.75 Å². The summed E-state index contributed by atoms with van der Waals surface area (Å²) in [5.74, 6) is -0.786. The number of rotatable bonds is 5. The predicted octanol–water partition coefficient (Wildman–Crippen LogP) is 6.34. The summed E-state index contributed by atoms with van der Waals surface area (Å²) in [6, 6.07) is 17.0. The smallest absolute Gasteiger partial charge is 0.282 e. The molecule has 0 spiro atoms. The van der Waals surface area contributed by atoms with E-state index < -0.39 is 11.8 Å². The van der Waals surface area contributed by atoms with Gasteiger partial charge < -0.3 is 4.74 Å². The van der Waals surface area contributed by atoms with Crippen LogP contribution in [-0.4, -0.2) is 11.8 Å². The Balaban J connectivity index is 1.66. The first-order chi connectivity index (χ1) is 15.3. The number of nitrogens with zero attached hydrogens (tertiary/aromatic N) is 1. The lowest BCUT2D eigenvalue weighted by Gasteiger charge is -2.14. The molecule has 3 aromatic rings. The fraction of sp³-hybridized carbons (Fsp3) is 0.0435. The lowest BCUT2D eigenvalue weighted by atomic mass is 10.1. The average Bonchev–Trinajstić information content (AvgIpc) is 3.04. The van der Waals surface area contributed by atoms with Gasteiger partial charge in [-0.2, -0.15) is 0 Å². The van der Waals surface area contributed by atoms with E-state index in [0.717, 1.165) is 5.56 Å². The van der Waals surface area contributed by atoms with Gasteiger partial charge in [0.15, 0.2) is 0 Å². The Morgan fingerprint density at radius 1 is 0.875 bits per heavy atom. The van der Waals surface area contributed by atoms with Gasteiger partial charge in [0.05, 0.1) is 20.8 Å². The lowest BCUT2D eigenvalue weighted by molar-refractivity contribution is -0.117. The maximum Gasteiger partial charge on any atom is 0.282 e. The molecule has 0 bridgehead atoms. The van der Waals surface area contributed by atoms with E-state index in [4.69, 9.17) is 51.1 Å². The molecule has 9 heteroatoms. The number of ether oxygens (including phenoxy) is 1. The van der Waals surface area contributed by atoms with Gasteiger partial charge in [-0.05, 0) is 48.0 Å². The van der Waals surface area contributed by atoms with Crippen LogP contribution in [0, 0.1) is 0 Å². The Kier molecular flexibility index (Phi) is 6.63. The van der Waals surface area contributed by atoms with Crippen molar-refractivity contribution in [1.29, 1.82) is 0 Å². The van der Waals surface area contributed by atoms with Crippen molar-refractivity contribution in [3.8, 4) is 5.75 Å². The number of hydrogen-bond donors (Lipinski definition) is 1. The Bertz CT molecular complexity index is 1250. The molecule has 2 amide bonds. The molecule has 0 unspecified atom stereocenters. The lowest BCUT2D eigenvalue weighted by Crippen LogP contribution is -2.35. The molecule has 1 saturated heterocycles. The minimum absolute atomic E-state index is 0.0772. The van der Waals surface area contributed by atoms with Gasteiger partial charge >= 0.3 is 0 Å². The minimum atomic E-state index is -0.551. The normalized spacial score (nSPS) is 14.8. The highest BCUT2D eigenvalue weighted by molar-refractivity contribution is 6.42. The first-order valence-corrected chi connectivity index (χ1v) is 10.8. The molecule has 1 heterocycles. The van der Waals surface area contributed by atoms with Crippen LogP contribution in [0.3, 0.4) is 0 Å². The highest BCUT2D eigenvalue weighted by Crippen LogP contribution is 2.35. The second-order valence-corrected chi connectivity index (χ2v) is 8.48. The number of para-hydroxylation sites is 1. The summed E-state index contributed by atoms with van der Waals surface area (Å²) in [6.07, 6.45) is 1.41. The standard InChI is InChI=1S/C23H14Cl4N2O3/c24-15-9-14(10-17-22(30)28-29(23(17)31)16-4-2-1-3-5-16)21(20(27)11-15)32-12-13-6-7-18(25)19(26)8-13/h1-11H,12H2,(H,28,30)/b17-10+. The Labute approximate surface area is 204 Å². The molecular formula is C23H14Cl4N2O3. The van der Waals surface area contributed by atoms with E-state index in [-0.39, 0.29) is 23.0 Å². The summed E-state index contributed by atoms with van der Waals surface area (Å²) in [4.78, 5) is 25.4. The Morgan fingerprint density at radius 3 is 2.34 bits per heavy atom. The van der Waals surface area contributed by atoms with Crippen molar-refractivity contribution in [3.63, 3.8) is 0 Å². The Morgan fingerprint density at radius 2 is 1.62 bits per heavy atom. The van der Waals surface area contributed by atoms with E-state index in [1.165, 1.54) is 17.2 Å². The quantitative estimate of drug-likeness (QED) is 0.323. The van der Waals surface area contributed by atoms with Crippen LogP contribution < -0.4 is 15.2 Å². The van der Waals surface area contributed by atoms with Crippen LogP contribution in [0.2, 0.25) is 20.1 Å². The molecule has 0 aromatic heterocycles. The SMILES string of the molecule is O=C1NN(c2ccccc2)C(=O)/C1=C/c1cc(Cl)cc(Cl)c1OCc1ccc(Cl)c(Cl)c1. The number of nitrogens with one attached hydrogen (secondary N) is 1. The third-order valence-electron chi connectivity index (χ3n) is 4.61. The number of carbonyl (C=O) groups excluding carboxylic acids is 2. The summed E-state index contributed by atoms with van der Waals surface area (Å²) < 4.78 is 5.90. The third kappa shape index (κ3) is 4.71. The highest BCUT2D eigenvalue weighted by atomic mass is 35.5. The summed E-state index contributed by atoms with van der Waals surface area (Å²) in [7, 11) is 0. The number of carbonyl (C=O) groups is 2. The van der Waals surface area contributed by atoms with Gasteiger partial charge in [-0.3, -0.25) is 15.0 Å². The molecule has 0 saturated carbocycles. The molecule has 162 valence electrons. The zero-order chi connectivity index (χ0) is 22.8. The second kappa shape index (κ2) is 9.43. The number of amides is 2. The number of hydrazine groups is 1. The van der Waals surface area contributed by atoms with E-state index in [1.54, 1.807) is 48.5 Å². The van der Waals surface area contributed by atoms with E-state index in [1.807, 2.05) is 6.07 Å². The van der Waals surface area contributed by atoms with Crippen LogP contribution in [0.1, 0.15) is 11.1 Å². The molecule has 1 N–H and O–H groups in total. The third-order valence-corrected chi connectivity index (χ3v) is 5.85. The zero-order valence-electron chi connectivity index (χ0n) is 16.2. The van der Waals surface area contributed by atoms with E-state index in [0.29, 0.717) is 26.3 Å². The summed E-state index contributed by atoms with van der Waals surface area (Å²) in [6.45, 7) is 0.130. The van der Waals surface area contributed by atoms with Crippen LogP contribution in [0.4, 0.5) is 5.69 Å². The highest BCUT2D eigenvalue weighted by Gasteiger charge is 2.34. The van der Waals surface area contributed by atoms with E-state index >= 15 is 0 Å². The molecule has 4 rings (SSSR count). The summed E-state index contributed by atoms with van der Waals surface area (Å²) >= 11 is 24.5. The molecule has 3 aromatic carbocycles. The van der Waals surface area contributed by atoms with Gasteiger partial charge in [0.2, 0.25) is 0 Å². The molecule has 5 nitrogen and oxygen atoms in total. The van der Waals surface area contributed by atoms with Crippen molar-refractivity contribution in [3.05, 3.63) is 97.5 Å². The van der Waals surface area contributed by atoms with Gasteiger partial charge in [0.1, 0.15) is 17.9 Å². The van der Waals surface area contributed by atoms with E-state index in [2.05, 4.69) is 5.43 Å². The predicted molar refractivity (Wildman–Crippen MR) is 127 cm³/mol. The van der Waals surface area contributed by atoms with Crippen LogP contribution in [0.25, 0.3) is 6.08 Å². The molecular weight excluding hydrogens is 494 g/mol. The first kappa shape index (κ1) is 22.5. The first-order valence-electron chi connectivity index (χ1n) is 9.31. The Hall–Kier alpha value is -2.70. The minimum Gasteiger partial charge on any atom is -0.487 e. The van der Waals surface area contributed by atoms with Gasteiger partial charge in [0, 0.05) is 10.6 Å². The molecule has 32 heavy (non-hydrogen) atoms. The molecule has 0 radical (unpaired) electrons. The largest absolute Gasteiger partial charge is 0.487 e. The molecule has 0 atom stereocenters. The van der Waals surface area contributed by atoms with Crippen molar-refractivity contribution in [1.82, 2.24) is 5.43 Å². The van der Waals surface area contributed by atoms with Gasteiger partial charge in [-0.15, -0.1) is 0 Å². The number of benzene rings is 3. The van der Waals surface area contributed by atoms with E-state index in [9.17, 15) is 9.59 Å². The fourth-order valence-corrected chi connectivity index (χ4v) is 3.98. The van der Waals surface area contributed by atoms with Gasteiger partial charge in [0.25, 0.3) is 11.8 Å². The molecule has 0 aliphatic carbocycles. The summed E-state index contributed by atoms with van der Waals surface area (Å²) in [5, 5.41) is 2.56. The van der Waals surface area contributed by atoms with Crippen molar-refractivity contribution in [2.45, 2.75) is 6.61 Å². The molecule has 1 aliphatic heterocycles. The van der Waals surface area contributed by atoms with Crippen LogP contribution in [0.15, 0.2) is 66.2 Å². The topological polar surface area (TPSA) is 58.6 Å². The second-order valence-electron chi connectivity index (χ2n) is 6.82. The number of anilines is 1. The summed E-state index contributed by atoms with van der Waals surface area (Å²) in [5.41, 5.74) is 4.15. The fourth-order valence-electron chi connectivity index (χ4n) is 3.10. The molecule has 1 aliphatic rings. The maximum absolute atomic E-state index is 12.9. The van der Waals surface area contributed by atoms with Crippen molar-refractivity contribution in [2.75, 3.05) is 5.01 Å². The van der Waals surface area contributed by atoms with Gasteiger partial charge in [-0.25, -0.2) is 5.01 Å². The van der Waals surface area contributed by atoms with Crippen LogP contribution >= 0.6 is 46.4 Å². The number of halogens is 4. The maximum atomic E-state index is 12.9. The van der Waals surface area contributed by atoms with Crippen LogP contribution in [-0.2, 0) is 16.2 Å². The number of hydrogen-bond acceptors (Lipinski definition) is 3. The van der Waals surface area contributed by atoms with Crippen molar-refractivity contribution >= 4 is 70.0 Å².